The van der Waals surface area contributed by atoms with Crippen molar-refractivity contribution in [1.82, 2.24) is 0 Å². The van der Waals surface area contributed by atoms with Gasteiger partial charge in [0.05, 0.1) is 0 Å². The maximum Gasteiger partial charge on any atom is 0.126 e. The number of halogens is 2. The van der Waals surface area contributed by atoms with E-state index >= 15 is 0 Å². The number of rotatable bonds is 4. The molecule has 0 nitrogen and oxygen atoms in total. The van der Waals surface area contributed by atoms with Crippen molar-refractivity contribution in [3.05, 3.63) is 81.9 Å². The van der Waals surface area contributed by atoms with Crippen LogP contribution in [0.4, 0.5) is 8.78 Å². The van der Waals surface area contributed by atoms with Crippen LogP contribution in [-0.4, -0.2) is 0 Å². The molecule has 0 aromatic heterocycles. The SMILES string of the molecule is CCC/C=C/C1CCc2c(ccc3c2CCC(c2cc(F)cc(F)c2)C3)C1. The van der Waals surface area contributed by atoms with Crippen LogP contribution in [0.5, 0.6) is 0 Å². The molecule has 0 amide bonds. The Labute approximate surface area is 161 Å². The first kappa shape index (κ1) is 18.4. The Morgan fingerprint density at radius 3 is 2.30 bits per heavy atom. The molecule has 0 bridgehead atoms. The first-order valence-corrected chi connectivity index (χ1v) is 10.4. The van der Waals surface area contributed by atoms with Crippen molar-refractivity contribution in [3.63, 3.8) is 0 Å². The molecule has 0 fully saturated rings. The van der Waals surface area contributed by atoms with Crippen LogP contribution in [0.1, 0.15) is 66.3 Å². The molecule has 0 saturated heterocycles. The van der Waals surface area contributed by atoms with Crippen molar-refractivity contribution in [2.24, 2.45) is 5.92 Å². The minimum absolute atomic E-state index is 0.217. The summed E-state index contributed by atoms with van der Waals surface area (Å²) in [6.45, 7) is 2.22. The van der Waals surface area contributed by atoms with E-state index in [-0.39, 0.29) is 5.92 Å². The van der Waals surface area contributed by atoms with Gasteiger partial charge in [0.2, 0.25) is 0 Å². The van der Waals surface area contributed by atoms with Crippen LogP contribution < -0.4 is 0 Å². The Balaban J connectivity index is 1.53. The van der Waals surface area contributed by atoms with Crippen LogP contribution in [0.3, 0.4) is 0 Å². The Morgan fingerprint density at radius 1 is 0.926 bits per heavy atom. The molecule has 27 heavy (non-hydrogen) atoms. The zero-order valence-corrected chi connectivity index (χ0v) is 16.1. The molecule has 4 rings (SSSR count). The van der Waals surface area contributed by atoms with Gasteiger partial charge in [-0.25, -0.2) is 8.78 Å². The van der Waals surface area contributed by atoms with Crippen molar-refractivity contribution in [1.29, 1.82) is 0 Å². The standard InChI is InChI=1S/C25H28F2/c1-2-3-4-5-17-6-10-24-19(12-17)7-8-20-13-18(9-11-25(20)24)21-14-22(26)16-23(27)15-21/h4-5,7-8,14-18H,2-3,6,9-13H2,1H3/b5-4+. The summed E-state index contributed by atoms with van der Waals surface area (Å²) in [6, 6.07) is 8.55. The number of allylic oxidation sites excluding steroid dienone is 2. The van der Waals surface area contributed by atoms with Crippen LogP contribution in [0.15, 0.2) is 42.5 Å². The predicted octanol–water partition coefficient (Wildman–Crippen LogP) is 6.70. The quantitative estimate of drug-likeness (QED) is 0.528. The summed E-state index contributed by atoms with van der Waals surface area (Å²) >= 11 is 0. The van der Waals surface area contributed by atoms with Gasteiger partial charge >= 0.3 is 0 Å². The highest BCUT2D eigenvalue weighted by atomic mass is 19.1. The topological polar surface area (TPSA) is 0 Å². The molecule has 2 aliphatic carbocycles. The Kier molecular flexibility index (Phi) is 5.43. The van der Waals surface area contributed by atoms with Gasteiger partial charge in [-0.2, -0.15) is 0 Å². The van der Waals surface area contributed by atoms with Gasteiger partial charge in [0.1, 0.15) is 11.6 Å². The molecular weight excluding hydrogens is 338 g/mol. The molecular formula is C25H28F2. The highest BCUT2D eigenvalue weighted by molar-refractivity contribution is 5.46. The molecule has 0 aliphatic heterocycles. The third-order valence-corrected chi connectivity index (χ3v) is 6.30. The molecule has 2 aromatic carbocycles. The minimum atomic E-state index is -0.469. The van der Waals surface area contributed by atoms with Crippen LogP contribution in [0.25, 0.3) is 0 Å². The highest BCUT2D eigenvalue weighted by Gasteiger charge is 2.26. The van der Waals surface area contributed by atoms with E-state index in [1.165, 1.54) is 54.5 Å². The smallest absolute Gasteiger partial charge is 0.126 e. The summed E-state index contributed by atoms with van der Waals surface area (Å²) in [5, 5.41) is 0. The summed E-state index contributed by atoms with van der Waals surface area (Å²) in [7, 11) is 0. The second kappa shape index (κ2) is 7.96. The molecule has 2 aliphatic rings. The van der Waals surface area contributed by atoms with E-state index in [9.17, 15) is 8.78 Å². The van der Waals surface area contributed by atoms with E-state index in [1.54, 1.807) is 5.56 Å². The van der Waals surface area contributed by atoms with E-state index in [1.807, 2.05) is 0 Å². The van der Waals surface area contributed by atoms with E-state index in [0.29, 0.717) is 5.92 Å². The lowest BCUT2D eigenvalue weighted by Gasteiger charge is -2.31. The Morgan fingerprint density at radius 2 is 1.59 bits per heavy atom. The molecule has 0 N–H and O–H groups in total. The van der Waals surface area contributed by atoms with Crippen molar-refractivity contribution < 1.29 is 8.78 Å². The fourth-order valence-corrected chi connectivity index (χ4v) is 4.91. The predicted molar refractivity (Wildman–Crippen MR) is 107 cm³/mol. The number of fused-ring (bicyclic) bond motifs is 3. The van der Waals surface area contributed by atoms with Crippen LogP contribution in [-0.2, 0) is 25.7 Å². The van der Waals surface area contributed by atoms with Gasteiger partial charge in [-0.05, 0) is 96.7 Å². The summed E-state index contributed by atoms with van der Waals surface area (Å²) in [5.41, 5.74) is 6.79. The van der Waals surface area contributed by atoms with E-state index in [2.05, 4.69) is 31.2 Å². The third kappa shape index (κ3) is 4.00. The average Bonchev–Trinajstić information content (AvgIpc) is 2.66. The minimum Gasteiger partial charge on any atom is -0.207 e. The van der Waals surface area contributed by atoms with Gasteiger partial charge in [0.15, 0.2) is 0 Å². The van der Waals surface area contributed by atoms with Crippen LogP contribution >= 0.6 is 0 Å². The Hall–Kier alpha value is -1.96. The summed E-state index contributed by atoms with van der Waals surface area (Å²) in [6.07, 6.45) is 13.6. The van der Waals surface area contributed by atoms with Crippen molar-refractivity contribution in [2.45, 2.75) is 64.2 Å². The van der Waals surface area contributed by atoms with E-state index in [4.69, 9.17) is 0 Å². The van der Waals surface area contributed by atoms with Crippen LogP contribution in [0, 0.1) is 17.6 Å². The molecule has 0 spiro atoms. The number of hydrogen-bond donors (Lipinski definition) is 0. The monoisotopic (exact) mass is 366 g/mol. The molecule has 0 radical (unpaired) electrons. The van der Waals surface area contributed by atoms with Gasteiger partial charge in [-0.1, -0.05) is 37.6 Å². The summed E-state index contributed by atoms with van der Waals surface area (Å²) in [4.78, 5) is 0. The van der Waals surface area contributed by atoms with Gasteiger partial charge in [-0.3, -0.25) is 0 Å². The zero-order chi connectivity index (χ0) is 18.8. The van der Waals surface area contributed by atoms with Crippen LogP contribution in [0.2, 0.25) is 0 Å². The fourth-order valence-electron chi connectivity index (χ4n) is 4.91. The van der Waals surface area contributed by atoms with E-state index < -0.39 is 11.6 Å². The molecule has 2 unspecified atom stereocenters. The lowest BCUT2D eigenvalue weighted by Crippen LogP contribution is -2.20. The molecule has 2 atom stereocenters. The zero-order valence-electron chi connectivity index (χ0n) is 16.1. The number of hydrogen-bond acceptors (Lipinski definition) is 0. The molecule has 0 heterocycles. The summed E-state index contributed by atoms with van der Waals surface area (Å²) < 4.78 is 27.2. The van der Waals surface area contributed by atoms with Gasteiger partial charge < -0.3 is 0 Å². The fraction of sp³-hybridized carbons (Fsp3) is 0.440. The molecule has 0 saturated carbocycles. The Bertz CT molecular complexity index is 829. The van der Waals surface area contributed by atoms with Crippen molar-refractivity contribution in [2.75, 3.05) is 0 Å². The molecule has 142 valence electrons. The van der Waals surface area contributed by atoms with Crippen molar-refractivity contribution in [3.8, 4) is 0 Å². The summed E-state index contributed by atoms with van der Waals surface area (Å²) in [5.74, 6) is -0.0467. The van der Waals surface area contributed by atoms with Gasteiger partial charge in [0.25, 0.3) is 0 Å². The van der Waals surface area contributed by atoms with Gasteiger partial charge in [0, 0.05) is 6.07 Å². The first-order chi connectivity index (χ1) is 13.1. The lowest BCUT2D eigenvalue weighted by molar-refractivity contribution is 0.527. The lowest BCUT2D eigenvalue weighted by atomic mass is 9.74. The maximum absolute atomic E-state index is 13.6. The number of unbranched alkanes of at least 4 members (excludes halogenated alkanes) is 1. The third-order valence-electron chi connectivity index (χ3n) is 6.30. The highest BCUT2D eigenvalue weighted by Crippen LogP contribution is 2.38. The second-order valence-electron chi connectivity index (χ2n) is 8.20. The van der Waals surface area contributed by atoms with E-state index in [0.717, 1.165) is 37.3 Å². The maximum atomic E-state index is 13.6. The molecule has 2 aromatic rings. The number of benzene rings is 2. The normalized spacial score (nSPS) is 21.9. The first-order valence-electron chi connectivity index (χ1n) is 10.4. The average molecular weight is 366 g/mol. The van der Waals surface area contributed by atoms with Gasteiger partial charge in [-0.15, -0.1) is 0 Å². The second-order valence-corrected chi connectivity index (χ2v) is 8.20. The van der Waals surface area contributed by atoms with Crippen molar-refractivity contribution >= 4 is 0 Å². The largest absolute Gasteiger partial charge is 0.207 e. The molecule has 2 heteroatoms.